The number of ether oxygens (including phenoxy) is 1. The molecule has 4 nitrogen and oxygen atoms in total. The second-order valence-corrected chi connectivity index (χ2v) is 5.67. The van der Waals surface area contributed by atoms with Gasteiger partial charge in [-0.25, -0.2) is 0 Å². The Morgan fingerprint density at radius 3 is 2.43 bits per heavy atom. The van der Waals surface area contributed by atoms with Crippen molar-refractivity contribution < 1.29 is 14.3 Å². The highest BCUT2D eigenvalue weighted by atomic mass is 35.5. The van der Waals surface area contributed by atoms with Crippen LogP contribution >= 0.6 is 23.2 Å². The van der Waals surface area contributed by atoms with E-state index in [0.29, 0.717) is 10.6 Å². The summed E-state index contributed by atoms with van der Waals surface area (Å²) in [5.74, 6) is -0.942. The molecular formula is C17H15Cl2NO3. The zero-order chi connectivity index (χ0) is 16.8. The Morgan fingerprint density at radius 2 is 1.78 bits per heavy atom. The molecule has 1 atom stereocenters. The molecule has 2 rings (SSSR count). The van der Waals surface area contributed by atoms with E-state index in [4.69, 9.17) is 27.9 Å². The monoisotopic (exact) mass is 351 g/mol. The van der Waals surface area contributed by atoms with Crippen molar-refractivity contribution in [3.63, 3.8) is 0 Å². The number of halogens is 2. The van der Waals surface area contributed by atoms with Gasteiger partial charge in [-0.2, -0.15) is 0 Å². The minimum Gasteiger partial charge on any atom is -0.456 e. The average Bonchev–Trinajstić information content (AvgIpc) is 2.56. The quantitative estimate of drug-likeness (QED) is 0.827. The number of carbonyl (C=O) groups excluding carboxylic acids is 2. The first-order chi connectivity index (χ1) is 11.0. The van der Waals surface area contributed by atoms with Crippen molar-refractivity contribution in [1.29, 1.82) is 0 Å². The fourth-order valence-corrected chi connectivity index (χ4v) is 2.22. The summed E-state index contributed by atoms with van der Waals surface area (Å²) in [7, 11) is 0. The third-order valence-electron chi connectivity index (χ3n) is 3.15. The molecule has 0 saturated carbocycles. The Bertz CT molecular complexity index is 704. The minimum absolute atomic E-state index is 0.226. The highest BCUT2D eigenvalue weighted by Crippen LogP contribution is 2.22. The summed E-state index contributed by atoms with van der Waals surface area (Å²) in [6.45, 7) is 1.55. The molecule has 0 bridgehead atoms. The van der Waals surface area contributed by atoms with Crippen molar-refractivity contribution in [2.24, 2.45) is 0 Å². The molecule has 0 aliphatic carbocycles. The lowest BCUT2D eigenvalue weighted by atomic mass is 10.1. The van der Waals surface area contributed by atoms with E-state index in [2.05, 4.69) is 5.32 Å². The lowest BCUT2D eigenvalue weighted by Crippen LogP contribution is -2.31. The fraction of sp³-hybridized carbons (Fsp3) is 0.176. The molecule has 0 aliphatic heterocycles. The van der Waals surface area contributed by atoms with E-state index in [1.807, 2.05) is 30.3 Å². The van der Waals surface area contributed by atoms with Crippen LogP contribution in [-0.4, -0.2) is 18.4 Å². The highest BCUT2D eigenvalue weighted by Gasteiger charge is 2.14. The Balaban J connectivity index is 1.86. The maximum absolute atomic E-state index is 11.9. The smallest absolute Gasteiger partial charge is 0.326 e. The number of benzene rings is 2. The summed E-state index contributed by atoms with van der Waals surface area (Å²) in [6, 6.07) is 13.8. The van der Waals surface area contributed by atoms with E-state index in [9.17, 15) is 9.59 Å². The van der Waals surface area contributed by atoms with Crippen LogP contribution in [0.25, 0.3) is 0 Å². The van der Waals surface area contributed by atoms with Gasteiger partial charge >= 0.3 is 5.97 Å². The van der Waals surface area contributed by atoms with E-state index in [-0.39, 0.29) is 17.7 Å². The third-order valence-corrected chi connectivity index (χ3v) is 3.89. The van der Waals surface area contributed by atoms with Crippen LogP contribution in [0.1, 0.15) is 28.9 Å². The van der Waals surface area contributed by atoms with Gasteiger partial charge in [-0.05, 0) is 30.7 Å². The molecule has 0 aromatic heterocycles. The third kappa shape index (κ3) is 4.98. The van der Waals surface area contributed by atoms with Crippen molar-refractivity contribution in [3.8, 4) is 0 Å². The van der Waals surface area contributed by atoms with Crippen LogP contribution in [0.5, 0.6) is 0 Å². The molecule has 0 aliphatic rings. The Hall–Kier alpha value is -2.04. The van der Waals surface area contributed by atoms with Crippen LogP contribution in [0, 0.1) is 0 Å². The van der Waals surface area contributed by atoms with Crippen molar-refractivity contribution in [1.82, 2.24) is 5.32 Å². The van der Waals surface area contributed by atoms with Crippen molar-refractivity contribution >= 4 is 35.1 Å². The van der Waals surface area contributed by atoms with E-state index in [1.165, 1.54) is 18.2 Å². The maximum atomic E-state index is 11.9. The molecule has 0 unspecified atom stereocenters. The van der Waals surface area contributed by atoms with Crippen LogP contribution in [0.4, 0.5) is 0 Å². The van der Waals surface area contributed by atoms with E-state index < -0.39 is 11.9 Å². The van der Waals surface area contributed by atoms with Crippen LogP contribution in [0.3, 0.4) is 0 Å². The maximum Gasteiger partial charge on any atom is 0.326 e. The zero-order valence-electron chi connectivity index (χ0n) is 12.4. The van der Waals surface area contributed by atoms with Crippen molar-refractivity contribution in [2.75, 3.05) is 6.54 Å². The fourth-order valence-electron chi connectivity index (χ4n) is 1.92. The predicted molar refractivity (Wildman–Crippen MR) is 89.7 cm³/mol. The highest BCUT2D eigenvalue weighted by molar-refractivity contribution is 6.42. The van der Waals surface area contributed by atoms with Crippen LogP contribution in [0.15, 0.2) is 48.5 Å². The molecular weight excluding hydrogens is 337 g/mol. The van der Waals surface area contributed by atoms with E-state index in [1.54, 1.807) is 6.92 Å². The first-order valence-corrected chi connectivity index (χ1v) is 7.70. The Morgan fingerprint density at radius 1 is 1.09 bits per heavy atom. The van der Waals surface area contributed by atoms with Gasteiger partial charge in [-0.15, -0.1) is 0 Å². The summed E-state index contributed by atoms with van der Waals surface area (Å²) in [6.07, 6.45) is -0.384. The summed E-state index contributed by atoms with van der Waals surface area (Å²) in [5.41, 5.74) is 1.21. The summed E-state index contributed by atoms with van der Waals surface area (Å²) >= 11 is 11.6. The van der Waals surface area contributed by atoms with Gasteiger partial charge in [0.15, 0.2) is 0 Å². The number of hydrogen-bond acceptors (Lipinski definition) is 3. The van der Waals surface area contributed by atoms with Gasteiger partial charge in [0.2, 0.25) is 0 Å². The average molecular weight is 352 g/mol. The van der Waals surface area contributed by atoms with Gasteiger partial charge in [-0.3, -0.25) is 9.59 Å². The minimum atomic E-state index is -0.519. The summed E-state index contributed by atoms with van der Waals surface area (Å²) in [5, 5.41) is 3.12. The van der Waals surface area contributed by atoms with Crippen LogP contribution < -0.4 is 5.32 Å². The van der Waals surface area contributed by atoms with Crippen molar-refractivity contribution in [2.45, 2.75) is 13.0 Å². The molecule has 0 heterocycles. The number of hydrogen-bond donors (Lipinski definition) is 1. The van der Waals surface area contributed by atoms with Crippen molar-refractivity contribution in [3.05, 3.63) is 69.7 Å². The molecule has 1 amide bonds. The molecule has 2 aromatic rings. The normalized spacial score (nSPS) is 11.6. The van der Waals surface area contributed by atoms with Gasteiger partial charge < -0.3 is 10.1 Å². The largest absolute Gasteiger partial charge is 0.456 e. The molecule has 2 aromatic carbocycles. The second kappa shape index (κ2) is 7.99. The number of esters is 1. The van der Waals surface area contributed by atoms with Gasteiger partial charge in [0, 0.05) is 5.56 Å². The predicted octanol–water partition coefficient (Wildman–Crippen LogP) is 4.03. The van der Waals surface area contributed by atoms with Gasteiger partial charge in [0.05, 0.1) is 10.0 Å². The van der Waals surface area contributed by atoms with Crippen LogP contribution in [-0.2, 0) is 9.53 Å². The number of amides is 1. The lowest BCUT2D eigenvalue weighted by Gasteiger charge is -2.14. The zero-order valence-corrected chi connectivity index (χ0v) is 13.9. The molecule has 0 fully saturated rings. The molecule has 120 valence electrons. The Labute approximate surface area is 144 Å². The van der Waals surface area contributed by atoms with Crippen LogP contribution in [0.2, 0.25) is 10.0 Å². The topological polar surface area (TPSA) is 55.4 Å². The summed E-state index contributed by atoms with van der Waals surface area (Å²) in [4.78, 5) is 23.7. The molecule has 0 radical (unpaired) electrons. The molecule has 23 heavy (non-hydrogen) atoms. The molecule has 6 heteroatoms. The van der Waals surface area contributed by atoms with E-state index >= 15 is 0 Å². The number of nitrogens with one attached hydrogen (secondary N) is 1. The van der Waals surface area contributed by atoms with E-state index in [0.717, 1.165) is 5.56 Å². The summed E-state index contributed by atoms with van der Waals surface area (Å²) < 4.78 is 5.26. The van der Waals surface area contributed by atoms with Gasteiger partial charge in [0.1, 0.15) is 12.6 Å². The standard InChI is InChI=1S/C17H15Cl2NO3/c1-11(12-5-3-2-4-6-12)23-16(21)10-20-17(22)13-7-8-14(18)15(19)9-13/h2-9,11H,10H2,1H3,(H,20,22)/t11-/m0/s1. The van der Waals surface area contributed by atoms with Gasteiger partial charge in [-0.1, -0.05) is 53.5 Å². The first kappa shape index (κ1) is 17.3. The number of rotatable bonds is 5. The molecule has 1 N–H and O–H groups in total. The Kier molecular flexibility index (Phi) is 6.02. The molecule has 0 spiro atoms. The molecule has 0 saturated heterocycles. The second-order valence-electron chi connectivity index (χ2n) is 4.85. The first-order valence-electron chi connectivity index (χ1n) is 6.95. The van der Waals surface area contributed by atoms with Gasteiger partial charge in [0.25, 0.3) is 5.91 Å². The lowest BCUT2D eigenvalue weighted by molar-refractivity contribution is -0.147. The SMILES string of the molecule is C[C@H](OC(=O)CNC(=O)c1ccc(Cl)c(Cl)c1)c1ccccc1. The number of carbonyl (C=O) groups is 2.